The van der Waals surface area contributed by atoms with Crippen molar-refractivity contribution in [2.75, 3.05) is 24.6 Å². The number of hydrogen-bond acceptors (Lipinski definition) is 7. The van der Waals surface area contributed by atoms with Gasteiger partial charge in [-0.05, 0) is 40.5 Å². The Bertz CT molecular complexity index is 589. The second kappa shape index (κ2) is 7.15. The van der Waals surface area contributed by atoms with Crippen LogP contribution in [0.3, 0.4) is 0 Å². The van der Waals surface area contributed by atoms with E-state index in [1.165, 1.54) is 6.20 Å². The summed E-state index contributed by atoms with van der Waals surface area (Å²) in [4.78, 5) is 6.38. The monoisotopic (exact) mass is 387 g/mol. The van der Waals surface area contributed by atoms with Gasteiger partial charge >= 0.3 is 0 Å². The normalized spacial score (nSPS) is 27.7. The van der Waals surface area contributed by atoms with Gasteiger partial charge in [-0.25, -0.2) is 4.98 Å². The highest BCUT2D eigenvalue weighted by molar-refractivity contribution is 7.90. The molecule has 0 amide bonds. The molecule has 1 unspecified atom stereocenters. The van der Waals surface area contributed by atoms with E-state index >= 15 is 0 Å². The number of aromatic nitrogens is 3. The van der Waals surface area contributed by atoms with E-state index in [4.69, 9.17) is 16.3 Å². The summed E-state index contributed by atoms with van der Waals surface area (Å²) in [6.45, 7) is 10.3. The van der Waals surface area contributed by atoms with Gasteiger partial charge in [0.25, 0.3) is 0 Å². The fraction of sp³-hybridized carbons (Fsp3) is 0.812. The highest BCUT2D eigenvalue weighted by atomic mass is 35.5. The van der Waals surface area contributed by atoms with Gasteiger partial charge in [-0.1, -0.05) is 11.6 Å². The van der Waals surface area contributed by atoms with Gasteiger partial charge in [0, 0.05) is 29.9 Å². The van der Waals surface area contributed by atoms with Gasteiger partial charge in [0.1, 0.15) is 4.75 Å². The summed E-state index contributed by atoms with van der Waals surface area (Å²) in [6, 6.07) is 0.0824. The average molecular weight is 388 g/mol. The zero-order chi connectivity index (χ0) is 18.2. The Labute approximate surface area is 157 Å². The Kier molecular flexibility index (Phi) is 5.46. The molecule has 0 aliphatic carbocycles. The molecule has 1 aromatic rings. The zero-order valence-electron chi connectivity index (χ0n) is 15.2. The molecule has 7 nitrogen and oxygen atoms in total. The first-order valence-corrected chi connectivity index (χ1v) is 10.1. The summed E-state index contributed by atoms with van der Waals surface area (Å²) in [5, 5.41) is 8.24. The number of piperidine rings is 1. The second-order valence-electron chi connectivity index (χ2n) is 7.92. The number of hydrogen-bond donors (Lipinski definition) is 1. The molecule has 0 bridgehead atoms. The summed E-state index contributed by atoms with van der Waals surface area (Å²) < 4.78 is 21.6. The lowest BCUT2D eigenvalue weighted by Crippen LogP contribution is -2.56. The molecule has 3 atom stereocenters. The molecule has 0 radical (unpaired) electrons. The van der Waals surface area contributed by atoms with E-state index < -0.39 is 11.4 Å². The predicted molar refractivity (Wildman–Crippen MR) is 99.0 cm³/mol. The summed E-state index contributed by atoms with van der Waals surface area (Å²) in [5.74, 6) is 0.606. The van der Waals surface area contributed by atoms with Crippen molar-refractivity contribution < 1.29 is 9.29 Å². The molecule has 1 N–H and O–H groups in total. The van der Waals surface area contributed by atoms with Crippen molar-refractivity contribution in [2.45, 2.75) is 57.4 Å². The van der Waals surface area contributed by atoms with Crippen LogP contribution in [0.2, 0.25) is 5.15 Å². The van der Waals surface area contributed by atoms with Crippen molar-refractivity contribution in [3.63, 3.8) is 0 Å². The molecule has 1 spiro atoms. The maximum absolute atomic E-state index is 12.6. The molecule has 25 heavy (non-hydrogen) atoms. The number of halogens is 1. The van der Waals surface area contributed by atoms with Crippen molar-refractivity contribution in [3.05, 3.63) is 11.3 Å². The molecule has 3 heterocycles. The summed E-state index contributed by atoms with van der Waals surface area (Å²) in [6.07, 6.45) is 3.43. The van der Waals surface area contributed by atoms with E-state index in [1.807, 2.05) is 20.8 Å². The first-order chi connectivity index (χ1) is 11.7. The standard InChI is InChI=1S/C16H26ClN5O2S/c1-11-13(21-25(23)15(2,3)4)16(10-24-11)5-7-22(8-6-16)14-18-9-12(17)19-20-14/h9,11,13,21H,5-8,10H2,1-4H3/t11-,13+,25?/m0/s1. The lowest BCUT2D eigenvalue weighted by atomic mass is 9.73. The first kappa shape index (κ1) is 19.1. The highest BCUT2D eigenvalue weighted by Gasteiger charge is 2.52. The van der Waals surface area contributed by atoms with E-state index in [0.29, 0.717) is 17.7 Å². The largest absolute Gasteiger partial charge is 0.598 e. The minimum Gasteiger partial charge on any atom is -0.598 e. The fourth-order valence-corrected chi connectivity index (χ4v) is 4.61. The van der Waals surface area contributed by atoms with Gasteiger partial charge in [0.05, 0.1) is 24.9 Å². The minimum absolute atomic E-state index is 0.00329. The third-order valence-corrected chi connectivity index (χ3v) is 6.87. The number of ether oxygens (including phenoxy) is 1. The molecule has 140 valence electrons. The van der Waals surface area contributed by atoms with Crippen LogP contribution in [0.1, 0.15) is 40.5 Å². The Morgan fingerprint density at radius 3 is 2.60 bits per heavy atom. The van der Waals surface area contributed by atoms with Gasteiger partial charge in [-0.3, -0.25) is 0 Å². The van der Waals surface area contributed by atoms with Crippen LogP contribution < -0.4 is 9.62 Å². The smallest absolute Gasteiger partial charge is 0.245 e. The van der Waals surface area contributed by atoms with Crippen molar-refractivity contribution >= 4 is 28.9 Å². The van der Waals surface area contributed by atoms with Gasteiger partial charge in [-0.2, -0.15) is 0 Å². The molecular formula is C16H26ClN5O2S. The molecule has 2 aliphatic rings. The molecule has 1 aromatic heterocycles. The molecule has 2 fully saturated rings. The third-order valence-electron chi connectivity index (χ3n) is 5.12. The van der Waals surface area contributed by atoms with Crippen LogP contribution in [-0.4, -0.2) is 56.3 Å². The van der Waals surface area contributed by atoms with Crippen LogP contribution in [0.5, 0.6) is 0 Å². The van der Waals surface area contributed by atoms with E-state index in [2.05, 4.69) is 31.7 Å². The van der Waals surface area contributed by atoms with Crippen LogP contribution >= 0.6 is 11.6 Å². The van der Waals surface area contributed by atoms with E-state index in [-0.39, 0.29) is 22.3 Å². The lowest BCUT2D eigenvalue weighted by Gasteiger charge is -2.42. The summed E-state index contributed by atoms with van der Waals surface area (Å²) >= 11 is 4.65. The van der Waals surface area contributed by atoms with Crippen LogP contribution in [0, 0.1) is 5.41 Å². The maximum Gasteiger partial charge on any atom is 0.245 e. The minimum atomic E-state index is -1.12. The molecule has 9 heteroatoms. The predicted octanol–water partition coefficient (Wildman–Crippen LogP) is 1.95. The fourth-order valence-electron chi connectivity index (χ4n) is 3.50. The first-order valence-electron chi connectivity index (χ1n) is 8.61. The quantitative estimate of drug-likeness (QED) is 0.793. The van der Waals surface area contributed by atoms with Crippen LogP contribution in [0.4, 0.5) is 5.95 Å². The second-order valence-corrected chi connectivity index (χ2v) is 10.3. The van der Waals surface area contributed by atoms with E-state index in [1.54, 1.807) is 0 Å². The van der Waals surface area contributed by atoms with Crippen LogP contribution in [0.15, 0.2) is 6.20 Å². The lowest BCUT2D eigenvalue weighted by molar-refractivity contribution is 0.0972. The number of nitrogens with zero attached hydrogens (tertiary/aromatic N) is 4. The Morgan fingerprint density at radius 2 is 2.04 bits per heavy atom. The van der Waals surface area contributed by atoms with Gasteiger partial charge in [-0.15, -0.1) is 14.9 Å². The van der Waals surface area contributed by atoms with Gasteiger partial charge in [0.15, 0.2) is 5.15 Å². The molecule has 3 rings (SSSR count). The Hall–Kier alpha value is -0.670. The zero-order valence-corrected chi connectivity index (χ0v) is 16.7. The SMILES string of the molecule is C[C@@H]1OCC2(CCN(c3ncc(Cl)nn3)CC2)[C@@H]1N[S+]([O-])C(C)(C)C. The van der Waals surface area contributed by atoms with Gasteiger partial charge < -0.3 is 14.2 Å². The summed E-state index contributed by atoms with van der Waals surface area (Å²) in [7, 11) is 0. The highest BCUT2D eigenvalue weighted by Crippen LogP contribution is 2.43. The Balaban J connectivity index is 1.68. The molecule has 2 saturated heterocycles. The van der Waals surface area contributed by atoms with E-state index in [9.17, 15) is 4.55 Å². The van der Waals surface area contributed by atoms with Gasteiger partial charge in [0.2, 0.25) is 5.95 Å². The molecule has 0 aromatic carbocycles. The van der Waals surface area contributed by atoms with Crippen LogP contribution in [0.25, 0.3) is 0 Å². The third kappa shape index (κ3) is 4.03. The maximum atomic E-state index is 12.6. The average Bonchev–Trinajstić information content (AvgIpc) is 2.85. The number of rotatable bonds is 3. The molecule has 0 saturated carbocycles. The topological polar surface area (TPSA) is 86.2 Å². The van der Waals surface area contributed by atoms with E-state index in [0.717, 1.165) is 25.9 Å². The Morgan fingerprint density at radius 1 is 1.36 bits per heavy atom. The molecule has 2 aliphatic heterocycles. The van der Waals surface area contributed by atoms with Crippen molar-refractivity contribution in [1.82, 2.24) is 19.9 Å². The van der Waals surface area contributed by atoms with Crippen molar-refractivity contribution in [1.29, 1.82) is 0 Å². The number of anilines is 1. The van der Waals surface area contributed by atoms with Crippen LogP contribution in [-0.2, 0) is 16.1 Å². The van der Waals surface area contributed by atoms with Crippen molar-refractivity contribution in [2.24, 2.45) is 5.41 Å². The summed E-state index contributed by atoms with van der Waals surface area (Å²) in [5.41, 5.74) is -0.00329. The number of nitrogens with one attached hydrogen (secondary N) is 1. The molecular weight excluding hydrogens is 362 g/mol. The van der Waals surface area contributed by atoms with Crippen molar-refractivity contribution in [3.8, 4) is 0 Å².